The average molecular weight is 519 g/mol. The molecule has 0 saturated heterocycles. The molecular formula is C30H28F2N2O4. The van der Waals surface area contributed by atoms with E-state index in [1.165, 1.54) is 24.3 Å². The second-order valence-electron chi connectivity index (χ2n) is 8.77. The molecule has 4 aromatic carbocycles. The molecule has 38 heavy (non-hydrogen) atoms. The largest absolute Gasteiger partial charge is 0.480 e. The average Bonchev–Trinajstić information content (AvgIpc) is 2.91. The van der Waals surface area contributed by atoms with Gasteiger partial charge in [-0.25, -0.2) is 8.78 Å². The van der Waals surface area contributed by atoms with E-state index in [1.807, 2.05) is 48.5 Å². The molecule has 0 aliphatic carbocycles. The smallest absolute Gasteiger partial charge is 0.320 e. The van der Waals surface area contributed by atoms with E-state index in [2.05, 4.69) is 4.90 Å². The number of carbonyl (C=O) groups is 1. The zero-order valence-corrected chi connectivity index (χ0v) is 20.6. The Kier molecular flexibility index (Phi) is 9.02. The first-order chi connectivity index (χ1) is 18.4. The molecule has 0 saturated carbocycles. The van der Waals surface area contributed by atoms with Crippen molar-refractivity contribution in [3.8, 4) is 23.0 Å². The Morgan fingerprint density at radius 1 is 0.737 bits per heavy atom. The van der Waals surface area contributed by atoms with Crippen LogP contribution in [0.2, 0.25) is 0 Å². The highest BCUT2D eigenvalue weighted by Gasteiger charge is 2.18. The molecule has 0 unspecified atom stereocenters. The number of hydrogen-bond donors (Lipinski definition) is 2. The van der Waals surface area contributed by atoms with E-state index in [0.717, 1.165) is 11.1 Å². The number of halogens is 2. The van der Waals surface area contributed by atoms with Crippen LogP contribution in [-0.4, -0.2) is 28.6 Å². The summed E-state index contributed by atoms with van der Waals surface area (Å²) in [5.74, 6) is 0.420. The quantitative estimate of drug-likeness (QED) is 0.227. The maximum Gasteiger partial charge on any atom is 0.320 e. The zero-order valence-electron chi connectivity index (χ0n) is 20.6. The van der Waals surface area contributed by atoms with Gasteiger partial charge < -0.3 is 20.3 Å². The number of hydrogen-bond acceptors (Lipinski definition) is 5. The summed E-state index contributed by atoms with van der Waals surface area (Å²) >= 11 is 0. The SMILES string of the molecule is N[C@@H](CCN(Cc1ccccc1Oc1ccc(F)cc1)Cc1ccccc1Oc1ccc(F)cc1)C(=O)O. The van der Waals surface area contributed by atoms with E-state index in [4.69, 9.17) is 15.2 Å². The molecule has 6 nitrogen and oxygen atoms in total. The van der Waals surface area contributed by atoms with E-state index in [9.17, 15) is 18.7 Å². The van der Waals surface area contributed by atoms with Crippen molar-refractivity contribution in [2.45, 2.75) is 25.6 Å². The molecule has 8 heteroatoms. The summed E-state index contributed by atoms with van der Waals surface area (Å²) in [6, 6.07) is 25.5. The minimum Gasteiger partial charge on any atom is -0.480 e. The van der Waals surface area contributed by atoms with Gasteiger partial charge in [0.05, 0.1) is 0 Å². The topological polar surface area (TPSA) is 85.0 Å². The summed E-state index contributed by atoms with van der Waals surface area (Å²) in [5, 5.41) is 9.29. The fourth-order valence-electron chi connectivity index (χ4n) is 3.87. The molecule has 4 rings (SSSR count). The summed E-state index contributed by atoms with van der Waals surface area (Å²) in [5.41, 5.74) is 7.52. The Hall–Kier alpha value is -4.27. The third kappa shape index (κ3) is 7.61. The van der Waals surface area contributed by atoms with Gasteiger partial charge in [0.15, 0.2) is 0 Å². The summed E-state index contributed by atoms with van der Waals surface area (Å²) in [6.45, 7) is 1.24. The van der Waals surface area contributed by atoms with Gasteiger partial charge in [-0.05, 0) is 67.1 Å². The van der Waals surface area contributed by atoms with E-state index in [-0.39, 0.29) is 18.1 Å². The van der Waals surface area contributed by atoms with Crippen molar-refractivity contribution < 1.29 is 28.2 Å². The first-order valence-corrected chi connectivity index (χ1v) is 12.1. The van der Waals surface area contributed by atoms with Crippen LogP contribution in [0.4, 0.5) is 8.78 Å². The highest BCUT2D eigenvalue weighted by atomic mass is 19.1. The fraction of sp³-hybridized carbons (Fsp3) is 0.167. The molecule has 0 spiro atoms. The highest BCUT2D eigenvalue weighted by molar-refractivity contribution is 5.73. The van der Waals surface area contributed by atoms with E-state index >= 15 is 0 Å². The number of nitrogens with two attached hydrogens (primary N) is 1. The van der Waals surface area contributed by atoms with Gasteiger partial charge in [-0.2, -0.15) is 0 Å². The monoisotopic (exact) mass is 518 g/mol. The van der Waals surface area contributed by atoms with Crippen LogP contribution >= 0.6 is 0 Å². The Morgan fingerprint density at radius 3 is 1.58 bits per heavy atom. The Labute approximate surface area is 219 Å². The second-order valence-corrected chi connectivity index (χ2v) is 8.77. The van der Waals surface area contributed by atoms with E-state index in [1.54, 1.807) is 24.3 Å². The molecule has 0 fully saturated rings. The number of aliphatic carboxylic acids is 1. The second kappa shape index (κ2) is 12.8. The van der Waals surface area contributed by atoms with Crippen molar-refractivity contribution in [3.63, 3.8) is 0 Å². The number of carboxylic acid groups (broad SMARTS) is 1. The Morgan fingerprint density at radius 2 is 1.16 bits per heavy atom. The lowest BCUT2D eigenvalue weighted by Gasteiger charge is -2.25. The summed E-state index contributed by atoms with van der Waals surface area (Å²) in [4.78, 5) is 13.4. The van der Waals surface area contributed by atoms with Gasteiger partial charge in [0.1, 0.15) is 40.7 Å². The molecule has 3 N–H and O–H groups in total. The number of benzene rings is 4. The van der Waals surface area contributed by atoms with Crippen molar-refractivity contribution in [3.05, 3.63) is 120 Å². The fourth-order valence-corrected chi connectivity index (χ4v) is 3.87. The van der Waals surface area contributed by atoms with Crippen LogP contribution in [0.5, 0.6) is 23.0 Å². The van der Waals surface area contributed by atoms with Gasteiger partial charge in [-0.1, -0.05) is 36.4 Å². The standard InChI is InChI=1S/C30H28F2N2O4/c31-23-9-13-25(14-10-23)37-28-7-3-1-5-21(28)19-34(18-17-27(33)30(35)36)20-22-6-2-4-8-29(22)38-26-15-11-24(32)12-16-26/h1-16,27H,17-20,33H2,(H,35,36)/t27-/m0/s1. The molecule has 0 aliphatic heterocycles. The van der Waals surface area contributed by atoms with Crippen LogP contribution in [0.15, 0.2) is 97.1 Å². The van der Waals surface area contributed by atoms with Gasteiger partial charge in [0, 0.05) is 30.8 Å². The summed E-state index contributed by atoms with van der Waals surface area (Å²) in [7, 11) is 0. The summed E-state index contributed by atoms with van der Waals surface area (Å²) in [6.07, 6.45) is 0.233. The van der Waals surface area contributed by atoms with Gasteiger partial charge in [0.25, 0.3) is 0 Å². The van der Waals surface area contributed by atoms with Crippen LogP contribution < -0.4 is 15.2 Å². The minimum atomic E-state index is -1.06. The van der Waals surface area contributed by atoms with Gasteiger partial charge in [0.2, 0.25) is 0 Å². The lowest BCUT2D eigenvalue weighted by Crippen LogP contribution is -2.35. The predicted octanol–water partition coefficient (Wildman–Crippen LogP) is 6.35. The van der Waals surface area contributed by atoms with E-state index < -0.39 is 12.0 Å². The van der Waals surface area contributed by atoms with Crippen LogP contribution in [0, 0.1) is 11.6 Å². The number of para-hydroxylation sites is 2. The third-order valence-corrected chi connectivity index (χ3v) is 5.89. The minimum absolute atomic E-state index is 0.233. The first kappa shape index (κ1) is 26.8. The van der Waals surface area contributed by atoms with Crippen LogP contribution in [0.25, 0.3) is 0 Å². The van der Waals surface area contributed by atoms with Crippen LogP contribution in [0.1, 0.15) is 17.5 Å². The number of nitrogens with zero attached hydrogens (tertiary/aromatic N) is 1. The van der Waals surface area contributed by atoms with E-state index in [0.29, 0.717) is 42.6 Å². The molecule has 0 aliphatic rings. The lowest BCUT2D eigenvalue weighted by molar-refractivity contribution is -0.138. The maximum atomic E-state index is 13.3. The van der Waals surface area contributed by atoms with Gasteiger partial charge in [-0.3, -0.25) is 9.69 Å². The number of ether oxygens (including phenoxy) is 2. The molecule has 0 aromatic heterocycles. The highest BCUT2D eigenvalue weighted by Crippen LogP contribution is 2.30. The van der Waals surface area contributed by atoms with Crippen LogP contribution in [-0.2, 0) is 17.9 Å². The zero-order chi connectivity index (χ0) is 26.9. The van der Waals surface area contributed by atoms with Gasteiger partial charge in [-0.15, -0.1) is 0 Å². The molecule has 0 radical (unpaired) electrons. The maximum absolute atomic E-state index is 13.3. The number of rotatable bonds is 12. The molecule has 0 bridgehead atoms. The molecule has 196 valence electrons. The lowest BCUT2D eigenvalue weighted by atomic mass is 10.1. The summed E-state index contributed by atoms with van der Waals surface area (Å²) < 4.78 is 38.7. The Bertz CT molecular complexity index is 1250. The predicted molar refractivity (Wildman–Crippen MR) is 140 cm³/mol. The van der Waals surface area contributed by atoms with Crippen LogP contribution in [0.3, 0.4) is 0 Å². The van der Waals surface area contributed by atoms with Crippen molar-refractivity contribution >= 4 is 5.97 Å². The van der Waals surface area contributed by atoms with Crippen molar-refractivity contribution in [1.82, 2.24) is 4.90 Å². The molecule has 4 aromatic rings. The molecule has 0 amide bonds. The molecule has 1 atom stereocenters. The Balaban J connectivity index is 1.57. The molecular weight excluding hydrogens is 490 g/mol. The van der Waals surface area contributed by atoms with Crippen molar-refractivity contribution in [1.29, 1.82) is 0 Å². The third-order valence-electron chi connectivity index (χ3n) is 5.89. The first-order valence-electron chi connectivity index (χ1n) is 12.1. The van der Waals surface area contributed by atoms with Crippen molar-refractivity contribution in [2.24, 2.45) is 5.73 Å². The number of carboxylic acids is 1. The normalized spacial score (nSPS) is 11.8. The molecule has 0 heterocycles. The van der Waals surface area contributed by atoms with Gasteiger partial charge >= 0.3 is 5.97 Å². The van der Waals surface area contributed by atoms with Crippen molar-refractivity contribution in [2.75, 3.05) is 6.54 Å².